The van der Waals surface area contributed by atoms with Crippen LogP contribution in [0.25, 0.3) is 0 Å². The van der Waals surface area contributed by atoms with Crippen LogP contribution >= 0.6 is 11.8 Å². The molecule has 0 saturated heterocycles. The van der Waals surface area contributed by atoms with Crippen LogP contribution < -0.4 is 0 Å². The standard InChI is InChI=1S/C12H13F3S/c1-3-7-10(12(7)16-2)6-4-8(13)11(15)9(14)5-6/h4-5,7,10,12H,3H2,1-2H3. The Kier molecular flexibility index (Phi) is 3.19. The molecule has 1 aliphatic carbocycles. The SMILES string of the molecule is CCC1C(SC)C1c1cc(F)c(F)c(F)c1. The van der Waals surface area contributed by atoms with Crippen LogP contribution in [-0.4, -0.2) is 11.5 Å². The highest BCUT2D eigenvalue weighted by Gasteiger charge is 2.49. The van der Waals surface area contributed by atoms with Gasteiger partial charge in [-0.3, -0.25) is 0 Å². The van der Waals surface area contributed by atoms with Crippen LogP contribution in [0, 0.1) is 23.4 Å². The molecule has 2 rings (SSSR count). The zero-order valence-corrected chi connectivity index (χ0v) is 9.95. The summed E-state index contributed by atoms with van der Waals surface area (Å²) in [5.74, 6) is -2.92. The fourth-order valence-electron chi connectivity index (χ4n) is 2.35. The van der Waals surface area contributed by atoms with Gasteiger partial charge in [0.15, 0.2) is 17.5 Å². The monoisotopic (exact) mass is 246 g/mol. The van der Waals surface area contributed by atoms with Gasteiger partial charge in [0.25, 0.3) is 0 Å². The second-order valence-electron chi connectivity index (χ2n) is 4.10. The van der Waals surface area contributed by atoms with E-state index in [2.05, 4.69) is 6.92 Å². The van der Waals surface area contributed by atoms with Gasteiger partial charge >= 0.3 is 0 Å². The zero-order chi connectivity index (χ0) is 11.9. The lowest BCUT2D eigenvalue weighted by Gasteiger charge is -2.02. The number of hydrogen-bond donors (Lipinski definition) is 0. The van der Waals surface area contributed by atoms with Crippen LogP contribution in [0.2, 0.25) is 0 Å². The van der Waals surface area contributed by atoms with E-state index < -0.39 is 17.5 Å². The zero-order valence-electron chi connectivity index (χ0n) is 9.14. The van der Waals surface area contributed by atoms with Crippen LogP contribution in [0.5, 0.6) is 0 Å². The number of rotatable bonds is 3. The maximum Gasteiger partial charge on any atom is 0.194 e. The van der Waals surface area contributed by atoms with Crippen molar-refractivity contribution in [3.63, 3.8) is 0 Å². The van der Waals surface area contributed by atoms with E-state index in [9.17, 15) is 13.2 Å². The third-order valence-electron chi connectivity index (χ3n) is 3.23. The van der Waals surface area contributed by atoms with Gasteiger partial charge in [-0.25, -0.2) is 13.2 Å². The summed E-state index contributed by atoms with van der Waals surface area (Å²) in [5.41, 5.74) is 0.586. The molecule has 1 fully saturated rings. The van der Waals surface area contributed by atoms with E-state index >= 15 is 0 Å². The Balaban J connectivity index is 2.29. The molecule has 1 saturated carbocycles. The summed E-state index contributed by atoms with van der Waals surface area (Å²) in [6.07, 6.45) is 2.97. The summed E-state index contributed by atoms with van der Waals surface area (Å²) >= 11 is 1.70. The van der Waals surface area contributed by atoms with E-state index in [-0.39, 0.29) is 5.92 Å². The van der Waals surface area contributed by atoms with Gasteiger partial charge in [0.05, 0.1) is 0 Å². The van der Waals surface area contributed by atoms with Crippen LogP contribution in [0.15, 0.2) is 12.1 Å². The Morgan fingerprint density at radius 3 is 2.12 bits per heavy atom. The molecule has 0 aromatic heterocycles. The molecule has 16 heavy (non-hydrogen) atoms. The van der Waals surface area contributed by atoms with E-state index in [0.717, 1.165) is 18.6 Å². The van der Waals surface area contributed by atoms with Crippen molar-refractivity contribution >= 4 is 11.8 Å². The summed E-state index contributed by atoms with van der Waals surface area (Å²) in [4.78, 5) is 0. The van der Waals surface area contributed by atoms with E-state index in [0.29, 0.717) is 16.7 Å². The summed E-state index contributed by atoms with van der Waals surface area (Å²) in [6.45, 7) is 2.06. The van der Waals surface area contributed by atoms with Gasteiger partial charge in [0.2, 0.25) is 0 Å². The minimum Gasteiger partial charge on any atom is -0.204 e. The topological polar surface area (TPSA) is 0 Å². The van der Waals surface area contributed by atoms with Crippen molar-refractivity contribution in [1.82, 2.24) is 0 Å². The van der Waals surface area contributed by atoms with Gasteiger partial charge in [-0.2, -0.15) is 11.8 Å². The van der Waals surface area contributed by atoms with Crippen molar-refractivity contribution in [3.05, 3.63) is 35.1 Å². The fraction of sp³-hybridized carbons (Fsp3) is 0.500. The molecule has 3 unspecified atom stereocenters. The molecular weight excluding hydrogens is 233 g/mol. The molecule has 0 N–H and O–H groups in total. The van der Waals surface area contributed by atoms with E-state index in [4.69, 9.17) is 0 Å². The lowest BCUT2D eigenvalue weighted by molar-refractivity contribution is 0.445. The first kappa shape index (κ1) is 11.8. The predicted octanol–water partition coefficient (Wildman–Crippen LogP) is 3.96. The molecule has 0 heterocycles. The van der Waals surface area contributed by atoms with Gasteiger partial charge in [-0.15, -0.1) is 0 Å². The molecule has 0 radical (unpaired) electrons. The smallest absolute Gasteiger partial charge is 0.194 e. The van der Waals surface area contributed by atoms with Crippen molar-refractivity contribution in [1.29, 1.82) is 0 Å². The third kappa shape index (κ3) is 1.83. The minimum absolute atomic E-state index is 0.171. The summed E-state index contributed by atoms with van der Waals surface area (Å²) in [6, 6.07) is 2.25. The van der Waals surface area contributed by atoms with Crippen molar-refractivity contribution in [2.45, 2.75) is 24.5 Å². The van der Waals surface area contributed by atoms with E-state index in [1.165, 1.54) is 0 Å². The molecule has 0 aliphatic heterocycles. The average molecular weight is 246 g/mol. The first-order valence-corrected chi connectivity index (χ1v) is 6.56. The summed E-state index contributed by atoms with van der Waals surface area (Å²) < 4.78 is 38.9. The fourth-order valence-corrected chi connectivity index (χ4v) is 3.63. The van der Waals surface area contributed by atoms with Gasteiger partial charge in [-0.05, 0) is 29.9 Å². The maximum absolute atomic E-state index is 13.1. The Labute approximate surface area is 97.2 Å². The van der Waals surface area contributed by atoms with E-state index in [1.807, 2.05) is 6.26 Å². The normalized spacial score (nSPS) is 28.2. The van der Waals surface area contributed by atoms with Crippen molar-refractivity contribution < 1.29 is 13.2 Å². The number of thioether (sulfide) groups is 1. The molecule has 0 spiro atoms. The molecule has 0 amide bonds. The molecule has 88 valence electrons. The highest BCUT2D eigenvalue weighted by Crippen LogP contribution is 2.56. The molecule has 1 aromatic rings. The van der Waals surface area contributed by atoms with Crippen LogP contribution in [0.4, 0.5) is 13.2 Å². The van der Waals surface area contributed by atoms with E-state index in [1.54, 1.807) is 11.8 Å². The summed E-state index contributed by atoms with van der Waals surface area (Å²) in [7, 11) is 0. The van der Waals surface area contributed by atoms with Crippen LogP contribution in [0.3, 0.4) is 0 Å². The van der Waals surface area contributed by atoms with Gasteiger partial charge < -0.3 is 0 Å². The first-order chi connectivity index (χ1) is 7.60. The number of halogens is 3. The van der Waals surface area contributed by atoms with Crippen molar-refractivity contribution in [3.8, 4) is 0 Å². The molecule has 4 heteroatoms. The molecule has 0 nitrogen and oxygen atoms in total. The Bertz CT molecular complexity index is 372. The van der Waals surface area contributed by atoms with Crippen LogP contribution in [0.1, 0.15) is 24.8 Å². The Hall–Kier alpha value is -0.640. The predicted molar refractivity (Wildman–Crippen MR) is 60.1 cm³/mol. The van der Waals surface area contributed by atoms with Gasteiger partial charge in [-0.1, -0.05) is 13.3 Å². The van der Waals surface area contributed by atoms with Gasteiger partial charge in [0, 0.05) is 11.2 Å². The first-order valence-electron chi connectivity index (χ1n) is 5.27. The summed E-state index contributed by atoms with van der Waals surface area (Å²) in [5, 5.41) is 0.411. The molecule has 0 bridgehead atoms. The van der Waals surface area contributed by atoms with Crippen molar-refractivity contribution in [2.24, 2.45) is 5.92 Å². The number of benzene rings is 1. The molecule has 1 aliphatic rings. The highest BCUT2D eigenvalue weighted by molar-refractivity contribution is 7.99. The average Bonchev–Trinajstić information content (AvgIpc) is 2.98. The quantitative estimate of drug-likeness (QED) is 0.727. The molecular formula is C12H13F3S. The minimum atomic E-state index is -1.38. The lowest BCUT2D eigenvalue weighted by atomic mass is 10.1. The second-order valence-corrected chi connectivity index (χ2v) is 5.11. The van der Waals surface area contributed by atoms with Crippen LogP contribution in [-0.2, 0) is 0 Å². The highest BCUT2D eigenvalue weighted by atomic mass is 32.2. The second kappa shape index (κ2) is 4.32. The Morgan fingerprint density at radius 1 is 1.19 bits per heavy atom. The third-order valence-corrected chi connectivity index (χ3v) is 4.42. The maximum atomic E-state index is 13.1. The largest absolute Gasteiger partial charge is 0.204 e. The molecule has 1 aromatic carbocycles. The lowest BCUT2D eigenvalue weighted by Crippen LogP contribution is -1.94. The Morgan fingerprint density at radius 2 is 1.75 bits per heavy atom. The van der Waals surface area contributed by atoms with Crippen molar-refractivity contribution in [2.75, 3.05) is 6.26 Å². The molecule has 3 atom stereocenters. The number of hydrogen-bond acceptors (Lipinski definition) is 1. The van der Waals surface area contributed by atoms with Gasteiger partial charge in [0.1, 0.15) is 0 Å².